The fourth-order valence-electron chi connectivity index (χ4n) is 1.50. The summed E-state index contributed by atoms with van der Waals surface area (Å²) in [4.78, 5) is 6.77. The highest BCUT2D eigenvalue weighted by Crippen LogP contribution is 2.31. The van der Waals surface area contributed by atoms with E-state index in [2.05, 4.69) is 15.3 Å². The summed E-state index contributed by atoms with van der Waals surface area (Å²) in [6, 6.07) is 6.89. The van der Waals surface area contributed by atoms with Crippen molar-refractivity contribution < 1.29 is 13.2 Å². The van der Waals surface area contributed by atoms with E-state index >= 15 is 0 Å². The smallest absolute Gasteiger partial charge is 0.368 e. The first-order chi connectivity index (χ1) is 9.79. The lowest BCUT2D eigenvalue weighted by Crippen LogP contribution is -2.12. The van der Waals surface area contributed by atoms with Gasteiger partial charge in [0.15, 0.2) is 5.69 Å². The van der Waals surface area contributed by atoms with Crippen molar-refractivity contribution in [2.45, 2.75) is 6.18 Å². The maximum Gasteiger partial charge on any atom is 0.433 e. The summed E-state index contributed by atoms with van der Waals surface area (Å²) < 4.78 is 37.9. The zero-order valence-electron chi connectivity index (χ0n) is 10.2. The summed E-state index contributed by atoms with van der Waals surface area (Å²) in [6.45, 7) is 0. The summed E-state index contributed by atoms with van der Waals surface area (Å²) in [5.74, 6) is -0.702. The number of nitriles is 1. The summed E-state index contributed by atoms with van der Waals surface area (Å²) >= 11 is 5.90. The van der Waals surface area contributed by atoms with Gasteiger partial charge in [0.05, 0.1) is 22.3 Å². The number of hydrogen-bond acceptors (Lipinski definition) is 5. The van der Waals surface area contributed by atoms with Gasteiger partial charge in [-0.3, -0.25) is 0 Å². The van der Waals surface area contributed by atoms with Crippen LogP contribution in [0.2, 0.25) is 5.02 Å². The number of aromatic nitrogens is 2. The third-order valence-corrected chi connectivity index (χ3v) is 2.72. The molecule has 0 saturated heterocycles. The van der Waals surface area contributed by atoms with E-state index in [1.807, 2.05) is 6.07 Å². The molecule has 0 aliphatic carbocycles. The Labute approximate surface area is 122 Å². The number of halogens is 4. The standard InChI is InChI=1S/C12H7ClF3N5/c13-7-2-1-6(5-17)3-8(7)19-10-4-9(12(14,15)16)20-11(18)21-10/h1-4H,(H3,18,19,20,21). The average Bonchev–Trinajstić information content (AvgIpc) is 2.39. The van der Waals surface area contributed by atoms with Gasteiger partial charge in [0.25, 0.3) is 0 Å². The van der Waals surface area contributed by atoms with Gasteiger partial charge in [-0.05, 0) is 18.2 Å². The van der Waals surface area contributed by atoms with Gasteiger partial charge in [0.2, 0.25) is 5.95 Å². The monoisotopic (exact) mass is 313 g/mol. The van der Waals surface area contributed by atoms with Gasteiger partial charge in [-0.1, -0.05) is 11.6 Å². The lowest BCUT2D eigenvalue weighted by Gasteiger charge is -2.11. The molecule has 0 aliphatic heterocycles. The number of benzene rings is 1. The van der Waals surface area contributed by atoms with Crippen LogP contribution in [0, 0.1) is 11.3 Å². The topological polar surface area (TPSA) is 87.6 Å². The summed E-state index contributed by atoms with van der Waals surface area (Å²) in [5, 5.41) is 11.6. The van der Waals surface area contributed by atoms with Gasteiger partial charge in [-0.15, -0.1) is 0 Å². The lowest BCUT2D eigenvalue weighted by molar-refractivity contribution is -0.141. The number of anilines is 3. The van der Waals surface area contributed by atoms with E-state index in [4.69, 9.17) is 22.6 Å². The molecule has 0 bridgehead atoms. The minimum atomic E-state index is -4.65. The van der Waals surface area contributed by atoms with Crippen molar-refractivity contribution in [1.82, 2.24) is 9.97 Å². The van der Waals surface area contributed by atoms with Gasteiger partial charge < -0.3 is 11.1 Å². The number of nitrogens with two attached hydrogens (primary N) is 1. The van der Waals surface area contributed by atoms with Crippen molar-refractivity contribution in [2.24, 2.45) is 0 Å². The van der Waals surface area contributed by atoms with Crippen LogP contribution in [0.25, 0.3) is 0 Å². The quantitative estimate of drug-likeness (QED) is 0.887. The second-order valence-electron chi connectivity index (χ2n) is 3.93. The molecule has 0 radical (unpaired) electrons. The second-order valence-corrected chi connectivity index (χ2v) is 4.33. The van der Waals surface area contributed by atoms with Crippen LogP contribution < -0.4 is 11.1 Å². The lowest BCUT2D eigenvalue weighted by atomic mass is 10.2. The van der Waals surface area contributed by atoms with Gasteiger partial charge in [0, 0.05) is 6.07 Å². The van der Waals surface area contributed by atoms with Crippen molar-refractivity contribution in [3.63, 3.8) is 0 Å². The zero-order valence-corrected chi connectivity index (χ0v) is 11.0. The van der Waals surface area contributed by atoms with Crippen molar-refractivity contribution in [2.75, 3.05) is 11.1 Å². The molecular formula is C12H7ClF3N5. The van der Waals surface area contributed by atoms with Crippen LogP contribution in [0.4, 0.5) is 30.6 Å². The second kappa shape index (κ2) is 5.46. The van der Waals surface area contributed by atoms with E-state index in [1.165, 1.54) is 18.2 Å². The maximum absolute atomic E-state index is 12.6. The minimum absolute atomic E-state index is 0.174. The van der Waals surface area contributed by atoms with Crippen LogP contribution in [0.3, 0.4) is 0 Å². The highest BCUT2D eigenvalue weighted by Gasteiger charge is 2.33. The number of nitrogens with zero attached hydrogens (tertiary/aromatic N) is 3. The molecule has 2 rings (SSSR count). The van der Waals surface area contributed by atoms with Gasteiger partial charge in [-0.25, -0.2) is 4.98 Å². The summed E-state index contributed by atoms with van der Waals surface area (Å²) in [7, 11) is 0. The molecule has 0 unspecified atom stereocenters. The minimum Gasteiger partial charge on any atom is -0.368 e. The molecule has 1 heterocycles. The summed E-state index contributed by atoms with van der Waals surface area (Å²) in [6.07, 6.45) is -4.65. The van der Waals surface area contributed by atoms with E-state index in [0.717, 1.165) is 0 Å². The van der Waals surface area contributed by atoms with E-state index < -0.39 is 17.8 Å². The van der Waals surface area contributed by atoms with Crippen LogP contribution >= 0.6 is 11.6 Å². The Kier molecular flexibility index (Phi) is 3.86. The molecule has 5 nitrogen and oxygen atoms in total. The van der Waals surface area contributed by atoms with E-state index in [1.54, 1.807) is 0 Å². The fourth-order valence-corrected chi connectivity index (χ4v) is 1.67. The third-order valence-electron chi connectivity index (χ3n) is 2.39. The molecule has 1 aromatic heterocycles. The predicted octanol–water partition coefficient (Wildman–Crippen LogP) is 3.35. The number of alkyl halides is 3. The van der Waals surface area contributed by atoms with Crippen LogP contribution in [0.5, 0.6) is 0 Å². The summed E-state index contributed by atoms with van der Waals surface area (Å²) in [5.41, 5.74) is 4.61. The van der Waals surface area contributed by atoms with Gasteiger partial charge in [0.1, 0.15) is 5.82 Å². The molecule has 0 fully saturated rings. The Morgan fingerprint density at radius 3 is 2.57 bits per heavy atom. The molecule has 21 heavy (non-hydrogen) atoms. The molecule has 0 aliphatic rings. The molecule has 0 spiro atoms. The largest absolute Gasteiger partial charge is 0.433 e. The Hall–Kier alpha value is -2.53. The fraction of sp³-hybridized carbons (Fsp3) is 0.0833. The third kappa shape index (κ3) is 3.52. The van der Waals surface area contributed by atoms with Gasteiger partial charge >= 0.3 is 6.18 Å². The van der Waals surface area contributed by atoms with Crippen LogP contribution in [0.1, 0.15) is 11.3 Å². The Balaban J connectivity index is 2.41. The molecular weight excluding hydrogens is 307 g/mol. The number of nitrogen functional groups attached to an aromatic ring is 1. The normalized spacial score (nSPS) is 11.0. The van der Waals surface area contributed by atoms with Gasteiger partial charge in [-0.2, -0.15) is 23.4 Å². The van der Waals surface area contributed by atoms with E-state index in [0.29, 0.717) is 11.6 Å². The molecule has 3 N–H and O–H groups in total. The van der Waals surface area contributed by atoms with E-state index in [9.17, 15) is 13.2 Å². The number of rotatable bonds is 2. The Bertz CT molecular complexity index is 724. The Morgan fingerprint density at radius 2 is 1.95 bits per heavy atom. The molecule has 0 amide bonds. The van der Waals surface area contributed by atoms with Crippen molar-refractivity contribution in [1.29, 1.82) is 5.26 Å². The van der Waals surface area contributed by atoms with E-state index in [-0.39, 0.29) is 16.5 Å². The number of nitrogens with one attached hydrogen (secondary N) is 1. The van der Waals surface area contributed by atoms with Crippen LogP contribution in [0.15, 0.2) is 24.3 Å². The highest BCUT2D eigenvalue weighted by atomic mass is 35.5. The average molecular weight is 314 g/mol. The van der Waals surface area contributed by atoms with Crippen molar-refractivity contribution in [3.8, 4) is 6.07 Å². The first-order valence-corrected chi connectivity index (χ1v) is 5.86. The Morgan fingerprint density at radius 1 is 1.24 bits per heavy atom. The van der Waals surface area contributed by atoms with Crippen molar-refractivity contribution in [3.05, 3.63) is 40.5 Å². The molecule has 108 valence electrons. The molecule has 9 heteroatoms. The van der Waals surface area contributed by atoms with Crippen molar-refractivity contribution >= 4 is 29.1 Å². The highest BCUT2D eigenvalue weighted by molar-refractivity contribution is 6.33. The molecule has 2 aromatic rings. The molecule has 0 saturated carbocycles. The SMILES string of the molecule is N#Cc1ccc(Cl)c(Nc2cc(C(F)(F)F)nc(N)n2)c1. The number of hydrogen-bond donors (Lipinski definition) is 2. The van der Waals surface area contributed by atoms with Crippen LogP contribution in [-0.2, 0) is 6.18 Å². The maximum atomic E-state index is 12.6. The molecule has 1 aromatic carbocycles. The first-order valence-electron chi connectivity index (χ1n) is 5.48. The zero-order chi connectivity index (χ0) is 15.6. The predicted molar refractivity (Wildman–Crippen MR) is 70.9 cm³/mol. The first kappa shape index (κ1) is 14.9. The molecule has 0 atom stereocenters. The van der Waals surface area contributed by atoms with Crippen LogP contribution in [-0.4, -0.2) is 9.97 Å².